The first kappa shape index (κ1) is 18.5. The predicted molar refractivity (Wildman–Crippen MR) is 88.3 cm³/mol. The molecule has 0 saturated carbocycles. The van der Waals surface area contributed by atoms with Gasteiger partial charge in [-0.25, -0.2) is 14.8 Å². The largest absolute Gasteiger partial charge is 0.444 e. The van der Waals surface area contributed by atoms with Crippen molar-refractivity contribution in [2.75, 3.05) is 11.9 Å². The van der Waals surface area contributed by atoms with E-state index in [1.807, 2.05) is 34.6 Å². The Kier molecular flexibility index (Phi) is 6.41. The van der Waals surface area contributed by atoms with Crippen LogP contribution in [0.15, 0.2) is 6.07 Å². The van der Waals surface area contributed by atoms with Gasteiger partial charge in [0.25, 0.3) is 0 Å². The van der Waals surface area contributed by atoms with E-state index in [9.17, 15) is 4.79 Å². The Morgan fingerprint density at radius 2 is 2.00 bits per heavy atom. The fourth-order valence-electron chi connectivity index (χ4n) is 1.75. The Hall–Kier alpha value is -1.56. The number of nitrogens with zero attached hydrogens (tertiary/aromatic N) is 2. The van der Waals surface area contributed by atoms with Crippen molar-refractivity contribution >= 4 is 23.5 Å². The van der Waals surface area contributed by atoms with Crippen LogP contribution in [0.2, 0.25) is 5.15 Å². The second kappa shape index (κ2) is 7.63. The van der Waals surface area contributed by atoms with Gasteiger partial charge in [0, 0.05) is 12.6 Å². The van der Waals surface area contributed by atoms with Gasteiger partial charge in [-0.2, -0.15) is 0 Å². The molecule has 7 heteroatoms. The highest BCUT2D eigenvalue weighted by atomic mass is 35.5. The number of hydrogen-bond acceptors (Lipinski definition) is 5. The SMILES string of the molecule is Cc1nc(Cl)cc(NCC(NC(=O)OC(C)(C)C)C(C)C)n1. The Balaban J connectivity index is 2.63. The van der Waals surface area contributed by atoms with Gasteiger partial charge in [0.1, 0.15) is 22.4 Å². The lowest BCUT2D eigenvalue weighted by Crippen LogP contribution is -2.45. The number of aryl methyl sites for hydroxylation is 1. The Labute approximate surface area is 137 Å². The summed E-state index contributed by atoms with van der Waals surface area (Å²) in [6.07, 6.45) is -0.426. The smallest absolute Gasteiger partial charge is 0.407 e. The third-order valence-electron chi connectivity index (χ3n) is 2.82. The number of rotatable bonds is 5. The van der Waals surface area contributed by atoms with E-state index in [4.69, 9.17) is 16.3 Å². The molecular weight excluding hydrogens is 304 g/mol. The first-order valence-electron chi connectivity index (χ1n) is 7.31. The molecule has 0 saturated heterocycles. The summed E-state index contributed by atoms with van der Waals surface area (Å²) in [5.41, 5.74) is -0.518. The molecule has 0 bridgehead atoms. The standard InChI is InChI=1S/C15H25ClN4O2/c1-9(2)11(20-14(21)22-15(4,5)6)8-17-13-7-12(16)18-10(3)19-13/h7,9,11H,8H2,1-6H3,(H,20,21)(H,17,18,19). The number of ether oxygens (including phenoxy) is 1. The van der Waals surface area contributed by atoms with Gasteiger partial charge in [-0.1, -0.05) is 25.4 Å². The molecular formula is C15H25ClN4O2. The highest BCUT2D eigenvalue weighted by molar-refractivity contribution is 6.29. The maximum Gasteiger partial charge on any atom is 0.407 e. The van der Waals surface area contributed by atoms with Gasteiger partial charge >= 0.3 is 6.09 Å². The van der Waals surface area contributed by atoms with E-state index in [2.05, 4.69) is 20.6 Å². The monoisotopic (exact) mass is 328 g/mol. The highest BCUT2D eigenvalue weighted by Gasteiger charge is 2.21. The minimum absolute atomic E-state index is 0.0936. The van der Waals surface area contributed by atoms with Crippen LogP contribution in [-0.4, -0.2) is 34.2 Å². The van der Waals surface area contributed by atoms with Crippen LogP contribution in [0.5, 0.6) is 0 Å². The molecule has 0 radical (unpaired) electrons. The van der Waals surface area contributed by atoms with Crippen LogP contribution in [-0.2, 0) is 4.74 Å². The van der Waals surface area contributed by atoms with Crippen LogP contribution < -0.4 is 10.6 Å². The summed E-state index contributed by atoms with van der Waals surface area (Å²) in [6.45, 7) is 11.9. The van der Waals surface area contributed by atoms with Gasteiger partial charge in [-0.05, 0) is 33.6 Å². The summed E-state index contributed by atoms with van der Waals surface area (Å²) in [7, 11) is 0. The fraction of sp³-hybridized carbons (Fsp3) is 0.667. The molecule has 0 aromatic carbocycles. The molecule has 2 N–H and O–H groups in total. The molecule has 0 aliphatic carbocycles. The predicted octanol–water partition coefficient (Wildman–Crippen LogP) is 3.40. The normalized spacial score (nSPS) is 12.9. The molecule has 0 aliphatic heterocycles. The number of halogens is 1. The van der Waals surface area contributed by atoms with Crippen molar-refractivity contribution in [2.45, 2.75) is 53.2 Å². The lowest BCUT2D eigenvalue weighted by Gasteiger charge is -2.26. The number of nitrogens with one attached hydrogen (secondary N) is 2. The minimum Gasteiger partial charge on any atom is -0.444 e. The van der Waals surface area contributed by atoms with Gasteiger partial charge in [0.2, 0.25) is 0 Å². The summed E-state index contributed by atoms with van der Waals surface area (Å²) < 4.78 is 5.28. The average molecular weight is 329 g/mol. The van der Waals surface area contributed by atoms with Crippen molar-refractivity contribution < 1.29 is 9.53 Å². The van der Waals surface area contributed by atoms with Gasteiger partial charge < -0.3 is 15.4 Å². The van der Waals surface area contributed by atoms with Crippen LogP contribution in [0.4, 0.5) is 10.6 Å². The first-order chi connectivity index (χ1) is 10.1. The van der Waals surface area contributed by atoms with E-state index < -0.39 is 11.7 Å². The molecule has 124 valence electrons. The second-order valence-corrected chi connectivity index (χ2v) is 6.89. The quantitative estimate of drug-likeness (QED) is 0.810. The Morgan fingerprint density at radius 3 is 2.50 bits per heavy atom. The number of carbonyl (C=O) groups is 1. The van der Waals surface area contributed by atoms with Gasteiger partial charge in [0.05, 0.1) is 6.04 Å². The molecule has 0 aliphatic rings. The molecule has 1 aromatic heterocycles. The summed E-state index contributed by atoms with van der Waals surface area (Å²) in [4.78, 5) is 20.1. The van der Waals surface area contributed by atoms with Crippen molar-refractivity contribution in [3.8, 4) is 0 Å². The van der Waals surface area contributed by atoms with Crippen LogP contribution >= 0.6 is 11.6 Å². The zero-order valence-corrected chi connectivity index (χ0v) is 14.8. The average Bonchev–Trinajstić information content (AvgIpc) is 2.30. The van der Waals surface area contributed by atoms with Crippen molar-refractivity contribution in [2.24, 2.45) is 5.92 Å². The zero-order chi connectivity index (χ0) is 16.9. The molecule has 1 aromatic rings. The van der Waals surface area contributed by atoms with Gasteiger partial charge in [-0.3, -0.25) is 0 Å². The summed E-state index contributed by atoms with van der Waals surface area (Å²) in [6, 6.07) is 1.56. The van der Waals surface area contributed by atoms with E-state index in [1.54, 1.807) is 13.0 Å². The zero-order valence-electron chi connectivity index (χ0n) is 14.0. The molecule has 0 fully saturated rings. The summed E-state index contributed by atoms with van der Waals surface area (Å²) >= 11 is 5.90. The number of amides is 1. The highest BCUT2D eigenvalue weighted by Crippen LogP contribution is 2.13. The summed E-state index contributed by atoms with van der Waals surface area (Å²) in [5.74, 6) is 1.46. The van der Waals surface area contributed by atoms with Crippen LogP contribution in [0.25, 0.3) is 0 Å². The number of alkyl carbamates (subject to hydrolysis) is 1. The maximum atomic E-state index is 11.9. The lowest BCUT2D eigenvalue weighted by molar-refractivity contribution is 0.0494. The minimum atomic E-state index is -0.518. The molecule has 1 heterocycles. The molecule has 1 amide bonds. The molecule has 1 rings (SSSR count). The number of hydrogen-bond donors (Lipinski definition) is 2. The topological polar surface area (TPSA) is 76.1 Å². The van der Waals surface area contributed by atoms with Gasteiger partial charge in [-0.15, -0.1) is 0 Å². The number of carbonyl (C=O) groups excluding carboxylic acids is 1. The molecule has 22 heavy (non-hydrogen) atoms. The number of anilines is 1. The van der Waals surface area contributed by atoms with Crippen LogP contribution in [0, 0.1) is 12.8 Å². The van der Waals surface area contributed by atoms with E-state index >= 15 is 0 Å². The van der Waals surface area contributed by atoms with Gasteiger partial charge in [0.15, 0.2) is 0 Å². The molecule has 0 spiro atoms. The molecule has 1 unspecified atom stereocenters. The van der Waals surface area contributed by atoms with E-state index in [0.29, 0.717) is 23.3 Å². The van der Waals surface area contributed by atoms with E-state index in [1.165, 1.54) is 0 Å². The van der Waals surface area contributed by atoms with Crippen LogP contribution in [0.3, 0.4) is 0 Å². The summed E-state index contributed by atoms with van der Waals surface area (Å²) in [5, 5.41) is 6.43. The Bertz CT molecular complexity index is 495. The third kappa shape index (κ3) is 6.93. The molecule has 6 nitrogen and oxygen atoms in total. The Morgan fingerprint density at radius 1 is 1.36 bits per heavy atom. The first-order valence-corrected chi connectivity index (χ1v) is 7.69. The van der Waals surface area contributed by atoms with Crippen molar-refractivity contribution in [1.82, 2.24) is 15.3 Å². The number of aromatic nitrogens is 2. The fourth-order valence-corrected chi connectivity index (χ4v) is 1.97. The molecule has 1 atom stereocenters. The van der Waals surface area contributed by atoms with E-state index in [0.717, 1.165) is 0 Å². The van der Waals surface area contributed by atoms with Crippen molar-refractivity contribution in [3.05, 3.63) is 17.0 Å². The lowest BCUT2D eigenvalue weighted by atomic mass is 10.0. The van der Waals surface area contributed by atoms with E-state index in [-0.39, 0.29) is 12.0 Å². The van der Waals surface area contributed by atoms with Crippen molar-refractivity contribution in [1.29, 1.82) is 0 Å². The third-order valence-corrected chi connectivity index (χ3v) is 3.01. The van der Waals surface area contributed by atoms with Crippen molar-refractivity contribution in [3.63, 3.8) is 0 Å². The van der Waals surface area contributed by atoms with Crippen LogP contribution in [0.1, 0.15) is 40.4 Å². The maximum absolute atomic E-state index is 11.9. The second-order valence-electron chi connectivity index (χ2n) is 6.50.